The SMILES string of the molecule is CCC(C)CCCCCCCCCCCCC(=O)O[C@H](COC(=O)CCCCCCCCCCCCCCCCCCC(C)C)COP(=O)(O)OCC(O)COP(=O)(O)OC[C@@H](COC(=O)CCCCCCCCCCC(C)C)OC(=O)CCCCCCCCCCC(C)CC. The molecule has 0 aliphatic rings. The second-order valence-electron chi connectivity index (χ2n) is 29.2. The number of carbonyl (C=O) groups is 4. The lowest BCUT2D eigenvalue weighted by atomic mass is 9.99. The molecule has 0 amide bonds. The van der Waals surface area contributed by atoms with Gasteiger partial charge in [-0.15, -0.1) is 0 Å². The first-order valence-electron chi connectivity index (χ1n) is 39.8. The molecule has 19 heteroatoms. The van der Waals surface area contributed by atoms with Crippen molar-refractivity contribution < 1.29 is 80.2 Å². The van der Waals surface area contributed by atoms with Gasteiger partial charge < -0.3 is 33.8 Å². The van der Waals surface area contributed by atoms with Crippen LogP contribution in [0.3, 0.4) is 0 Å². The molecule has 0 heterocycles. The average Bonchev–Trinajstić information content (AvgIpc) is 2.67. The molecule has 0 saturated carbocycles. The van der Waals surface area contributed by atoms with E-state index in [0.29, 0.717) is 25.7 Å². The number of carbonyl (C=O) groups excluding carboxylic acids is 4. The molecule has 5 unspecified atom stereocenters. The van der Waals surface area contributed by atoms with Crippen molar-refractivity contribution in [1.82, 2.24) is 0 Å². The molecule has 0 aromatic carbocycles. The molecule has 96 heavy (non-hydrogen) atoms. The molecule has 0 rings (SSSR count). The largest absolute Gasteiger partial charge is 0.472 e. The van der Waals surface area contributed by atoms with Crippen molar-refractivity contribution >= 4 is 39.5 Å². The maximum atomic E-state index is 13.1. The molecule has 3 N–H and O–H groups in total. The van der Waals surface area contributed by atoms with Gasteiger partial charge in [0.15, 0.2) is 12.2 Å². The van der Waals surface area contributed by atoms with Gasteiger partial charge in [-0.05, 0) is 49.4 Å². The Hall–Kier alpha value is -1.94. The second-order valence-corrected chi connectivity index (χ2v) is 32.1. The molecule has 7 atom stereocenters. The van der Waals surface area contributed by atoms with Crippen LogP contribution in [0.2, 0.25) is 0 Å². The van der Waals surface area contributed by atoms with Crippen LogP contribution in [0.4, 0.5) is 0 Å². The predicted molar refractivity (Wildman–Crippen MR) is 391 cm³/mol. The van der Waals surface area contributed by atoms with Crippen LogP contribution in [-0.2, 0) is 65.4 Å². The van der Waals surface area contributed by atoms with Crippen molar-refractivity contribution in [2.75, 3.05) is 39.6 Å². The third-order valence-corrected chi connectivity index (χ3v) is 20.4. The molecule has 0 bridgehead atoms. The lowest BCUT2D eigenvalue weighted by Gasteiger charge is -2.21. The lowest BCUT2D eigenvalue weighted by Crippen LogP contribution is -2.30. The zero-order valence-electron chi connectivity index (χ0n) is 63.0. The van der Waals surface area contributed by atoms with E-state index in [1.165, 1.54) is 193 Å². The zero-order chi connectivity index (χ0) is 71.0. The van der Waals surface area contributed by atoms with Crippen molar-refractivity contribution in [3.8, 4) is 0 Å². The number of phosphoric acid groups is 2. The molecule has 0 spiro atoms. The Morgan fingerprint density at radius 3 is 0.740 bits per heavy atom. The molecular formula is C77H150O17P2. The van der Waals surface area contributed by atoms with E-state index in [4.69, 9.17) is 37.0 Å². The molecule has 0 fully saturated rings. The van der Waals surface area contributed by atoms with Gasteiger partial charge in [0.1, 0.15) is 19.3 Å². The summed E-state index contributed by atoms with van der Waals surface area (Å²) in [4.78, 5) is 72.9. The maximum absolute atomic E-state index is 13.1. The van der Waals surface area contributed by atoms with Gasteiger partial charge >= 0.3 is 39.5 Å². The van der Waals surface area contributed by atoms with Crippen LogP contribution < -0.4 is 0 Å². The van der Waals surface area contributed by atoms with E-state index in [0.717, 1.165) is 114 Å². The summed E-state index contributed by atoms with van der Waals surface area (Å²) in [7, 11) is -9.92. The fourth-order valence-electron chi connectivity index (χ4n) is 11.7. The maximum Gasteiger partial charge on any atom is 0.472 e. The summed E-state index contributed by atoms with van der Waals surface area (Å²) in [6, 6.07) is 0. The molecular weight excluding hydrogens is 1260 g/mol. The van der Waals surface area contributed by atoms with Gasteiger partial charge in [-0.25, -0.2) is 9.13 Å². The van der Waals surface area contributed by atoms with Crippen LogP contribution in [0.5, 0.6) is 0 Å². The van der Waals surface area contributed by atoms with Gasteiger partial charge in [0.25, 0.3) is 0 Å². The third-order valence-electron chi connectivity index (χ3n) is 18.5. The Bertz CT molecular complexity index is 1890. The average molecular weight is 1410 g/mol. The fourth-order valence-corrected chi connectivity index (χ4v) is 13.2. The first kappa shape index (κ1) is 94.1. The molecule has 0 radical (unpaired) electrons. The summed E-state index contributed by atoms with van der Waals surface area (Å²) in [6.07, 6.45) is 51.3. The van der Waals surface area contributed by atoms with Crippen LogP contribution in [0.15, 0.2) is 0 Å². The van der Waals surface area contributed by atoms with E-state index in [2.05, 4.69) is 55.4 Å². The van der Waals surface area contributed by atoms with Gasteiger partial charge in [0.05, 0.1) is 26.4 Å². The van der Waals surface area contributed by atoms with E-state index < -0.39 is 97.5 Å². The smallest absolute Gasteiger partial charge is 0.462 e. The second kappa shape index (κ2) is 66.3. The van der Waals surface area contributed by atoms with Crippen LogP contribution in [0.1, 0.15) is 389 Å². The lowest BCUT2D eigenvalue weighted by molar-refractivity contribution is -0.161. The minimum atomic E-state index is -4.96. The standard InChI is InChI=1S/C77H150O17P2/c1-9-69(7)55-47-39-31-22-19-20-24-35-43-51-59-76(81)93-72(63-87-74(79)57-49-41-33-23-18-16-14-12-11-13-15-17-21-29-37-45-53-67(3)4)65-91-95(83,84)89-61-71(78)62-90-96(85,86)92-66-73(64-88-75(80)58-50-42-34-27-25-30-38-46-54-68(5)6)94-77(82)60-52-44-36-28-26-32-40-48-56-70(8)10-2/h67-73,78H,9-66H2,1-8H3,(H,83,84)(H,85,86)/t69?,70?,71?,72-,73-/m1/s1. The molecule has 0 aliphatic heterocycles. The number of hydrogen-bond donors (Lipinski definition) is 3. The summed E-state index contributed by atoms with van der Waals surface area (Å²) in [5.74, 6) is 0.990. The van der Waals surface area contributed by atoms with Gasteiger partial charge in [0.2, 0.25) is 0 Å². The van der Waals surface area contributed by atoms with Crippen LogP contribution >= 0.6 is 15.6 Å². The summed E-state index contributed by atoms with van der Waals surface area (Å²) >= 11 is 0. The third kappa shape index (κ3) is 67.9. The Kier molecular flexibility index (Phi) is 65.0. The van der Waals surface area contributed by atoms with Crippen LogP contribution in [0, 0.1) is 23.7 Å². The number of esters is 4. The van der Waals surface area contributed by atoms with Crippen molar-refractivity contribution in [1.29, 1.82) is 0 Å². The highest BCUT2D eigenvalue weighted by Crippen LogP contribution is 2.45. The molecule has 17 nitrogen and oxygen atoms in total. The van der Waals surface area contributed by atoms with Gasteiger partial charge in [-0.1, -0.05) is 338 Å². The Balaban J connectivity index is 5.24. The van der Waals surface area contributed by atoms with Crippen molar-refractivity contribution in [3.63, 3.8) is 0 Å². The molecule has 0 aliphatic carbocycles. The van der Waals surface area contributed by atoms with E-state index >= 15 is 0 Å². The molecule has 570 valence electrons. The highest BCUT2D eigenvalue weighted by molar-refractivity contribution is 7.47. The normalized spacial score (nSPS) is 14.7. The minimum Gasteiger partial charge on any atom is -0.462 e. The summed E-state index contributed by atoms with van der Waals surface area (Å²) in [5, 5.41) is 10.6. The quantitative estimate of drug-likeness (QED) is 0.0222. The highest BCUT2D eigenvalue weighted by atomic mass is 31.2. The van der Waals surface area contributed by atoms with Gasteiger partial charge in [-0.2, -0.15) is 0 Å². The minimum absolute atomic E-state index is 0.104. The van der Waals surface area contributed by atoms with E-state index in [9.17, 15) is 43.2 Å². The van der Waals surface area contributed by atoms with E-state index in [1.807, 2.05) is 0 Å². The fraction of sp³-hybridized carbons (Fsp3) is 0.948. The Morgan fingerprint density at radius 1 is 0.292 bits per heavy atom. The van der Waals surface area contributed by atoms with E-state index in [1.54, 1.807) is 0 Å². The van der Waals surface area contributed by atoms with Crippen LogP contribution in [-0.4, -0.2) is 96.7 Å². The topological polar surface area (TPSA) is 237 Å². The molecule has 0 aromatic rings. The number of aliphatic hydroxyl groups excluding tert-OH is 1. The molecule has 0 aromatic heterocycles. The van der Waals surface area contributed by atoms with Crippen molar-refractivity contribution in [2.45, 2.75) is 408 Å². The van der Waals surface area contributed by atoms with Crippen LogP contribution in [0.25, 0.3) is 0 Å². The summed E-state index contributed by atoms with van der Waals surface area (Å²) in [5.41, 5.74) is 0. The predicted octanol–water partition coefficient (Wildman–Crippen LogP) is 22.4. The zero-order valence-corrected chi connectivity index (χ0v) is 64.8. The monoisotopic (exact) mass is 1410 g/mol. The van der Waals surface area contributed by atoms with Crippen molar-refractivity contribution in [2.24, 2.45) is 23.7 Å². The van der Waals surface area contributed by atoms with Gasteiger partial charge in [0, 0.05) is 25.7 Å². The number of ether oxygens (including phenoxy) is 4. The number of unbranched alkanes of at least 4 members (excludes halogenated alkanes) is 38. The first-order chi connectivity index (χ1) is 46.2. The van der Waals surface area contributed by atoms with E-state index in [-0.39, 0.29) is 25.7 Å². The summed E-state index contributed by atoms with van der Waals surface area (Å²) < 4.78 is 68.6. The van der Waals surface area contributed by atoms with Crippen molar-refractivity contribution in [3.05, 3.63) is 0 Å². The van der Waals surface area contributed by atoms with Gasteiger partial charge in [-0.3, -0.25) is 37.3 Å². The Morgan fingerprint density at radius 2 is 0.500 bits per heavy atom. The first-order valence-corrected chi connectivity index (χ1v) is 42.8. The number of aliphatic hydroxyl groups is 1. The Labute approximate surface area is 588 Å². The number of rotatable bonds is 74. The number of hydrogen-bond acceptors (Lipinski definition) is 15. The highest BCUT2D eigenvalue weighted by Gasteiger charge is 2.30. The molecule has 0 saturated heterocycles. The number of phosphoric ester groups is 2. The summed E-state index contributed by atoms with van der Waals surface area (Å²) in [6.45, 7) is 14.2.